The summed E-state index contributed by atoms with van der Waals surface area (Å²) in [4.78, 5) is 94.7. The second-order valence-corrected chi connectivity index (χ2v) is 15.2. The number of H-pyrrole nitrogens is 1. The summed E-state index contributed by atoms with van der Waals surface area (Å²) in [6.07, 6.45) is 0.477. The van der Waals surface area contributed by atoms with Gasteiger partial charge in [0, 0.05) is 48.2 Å². The Morgan fingerprint density at radius 2 is 1.41 bits per heavy atom. The minimum atomic E-state index is -1.69. The molecule has 0 fully saturated rings. The topological polar surface area (TPSA) is 272 Å². The number of unbranched alkanes of at least 4 members (excludes halogenated alkanes) is 1. The molecule has 3 aromatic carbocycles. The molecule has 4 atom stereocenters. The summed E-state index contributed by atoms with van der Waals surface area (Å²) in [5.41, 5.74) is 7.33. The van der Waals surface area contributed by atoms with Crippen molar-refractivity contribution in [3.8, 4) is 5.75 Å². The number of aliphatic carboxylic acids is 1. The molecule has 18 nitrogen and oxygen atoms in total. The highest BCUT2D eigenvalue weighted by atomic mass is 16.6. The third-order valence-electron chi connectivity index (χ3n) is 9.23. The minimum absolute atomic E-state index is 0.00238. The molecular formula is C43H54N8O10. The number of methoxy groups -OCH3 is 1. The first kappa shape index (κ1) is 46.6. The number of nitrogens with two attached hydrogens (primary N) is 1. The van der Waals surface area contributed by atoms with Crippen molar-refractivity contribution in [2.45, 2.75) is 89.1 Å². The van der Waals surface area contributed by atoms with Crippen LogP contribution >= 0.6 is 0 Å². The van der Waals surface area contributed by atoms with Crippen LogP contribution in [0.5, 0.6) is 5.75 Å². The Hall–Kier alpha value is -7.11. The van der Waals surface area contributed by atoms with Crippen LogP contribution in [0.4, 0.5) is 15.3 Å². The van der Waals surface area contributed by atoms with E-state index in [1.54, 1.807) is 81.6 Å². The van der Waals surface area contributed by atoms with Crippen LogP contribution in [0.2, 0.25) is 0 Å². The number of urea groups is 1. The van der Waals surface area contributed by atoms with E-state index < -0.39 is 77.9 Å². The van der Waals surface area contributed by atoms with Crippen molar-refractivity contribution in [1.29, 1.82) is 0 Å². The molecule has 0 aliphatic rings. The number of hydrogen-bond donors (Lipinski definition) is 9. The van der Waals surface area contributed by atoms with Crippen molar-refractivity contribution in [1.82, 2.24) is 31.6 Å². The summed E-state index contributed by atoms with van der Waals surface area (Å²) in [5.74, 6) is -4.44. The molecule has 0 saturated heterocycles. The number of aromatic nitrogens is 1. The Labute approximate surface area is 353 Å². The van der Waals surface area contributed by atoms with E-state index in [1.807, 2.05) is 24.3 Å². The van der Waals surface area contributed by atoms with Gasteiger partial charge in [0.25, 0.3) is 0 Å². The van der Waals surface area contributed by atoms with Crippen LogP contribution in [-0.4, -0.2) is 95.2 Å². The largest absolute Gasteiger partial charge is 0.497 e. The number of ether oxygens (including phenoxy) is 2. The Morgan fingerprint density at radius 3 is 2.10 bits per heavy atom. The summed E-state index contributed by atoms with van der Waals surface area (Å²) in [6.45, 7) is 5.16. The summed E-state index contributed by atoms with van der Waals surface area (Å²) < 4.78 is 10.6. The third kappa shape index (κ3) is 15.5. The van der Waals surface area contributed by atoms with Gasteiger partial charge in [0.1, 0.15) is 35.5 Å². The normalized spacial score (nSPS) is 13.0. The molecular weight excluding hydrogens is 789 g/mol. The molecule has 1 heterocycles. The van der Waals surface area contributed by atoms with Crippen molar-refractivity contribution in [2.75, 3.05) is 19.0 Å². The van der Waals surface area contributed by atoms with Crippen LogP contribution in [0, 0.1) is 0 Å². The molecule has 0 unspecified atom stereocenters. The lowest BCUT2D eigenvalue weighted by Crippen LogP contribution is -2.59. The number of carboxylic acids is 1. The fourth-order valence-corrected chi connectivity index (χ4v) is 6.27. The van der Waals surface area contributed by atoms with Gasteiger partial charge in [-0.25, -0.2) is 9.59 Å². The number of alkyl carbamates (subject to hydrolysis) is 1. The number of amides is 7. The zero-order valence-corrected chi connectivity index (χ0v) is 34.5. The molecule has 4 aromatic rings. The van der Waals surface area contributed by atoms with Crippen LogP contribution in [0.15, 0.2) is 85.1 Å². The maximum absolute atomic E-state index is 14.1. The molecule has 0 spiro atoms. The number of carboxylic acid groups (broad SMARTS) is 1. The number of fused-ring (bicyclic) bond motifs is 1. The second kappa shape index (κ2) is 22.3. The lowest BCUT2D eigenvalue weighted by Gasteiger charge is -2.27. The predicted molar refractivity (Wildman–Crippen MR) is 226 cm³/mol. The van der Waals surface area contributed by atoms with Gasteiger partial charge in [0.05, 0.1) is 13.5 Å². The van der Waals surface area contributed by atoms with Crippen molar-refractivity contribution in [2.24, 2.45) is 5.73 Å². The SMILES string of the molecule is COc1cccc(NC(=O)NCCCC[C@H](NC(=O)[C@H](Cc2c[nH]c3ccccc23)NC(=O)OC(C)(C)C)C(=O)N[C@@H](CC(=O)O)C(=O)N[C@@H](Cc2ccccc2)C(N)=O)c1. The number of anilines is 1. The molecule has 61 heavy (non-hydrogen) atoms. The van der Waals surface area contributed by atoms with Crippen LogP contribution in [-0.2, 0) is 41.6 Å². The third-order valence-corrected chi connectivity index (χ3v) is 9.23. The first-order valence-electron chi connectivity index (χ1n) is 19.7. The number of benzene rings is 3. The van der Waals surface area contributed by atoms with Crippen molar-refractivity contribution < 1.29 is 48.1 Å². The number of rotatable bonds is 21. The van der Waals surface area contributed by atoms with Crippen molar-refractivity contribution in [3.63, 3.8) is 0 Å². The van der Waals surface area contributed by atoms with E-state index in [0.29, 0.717) is 29.0 Å². The Kier molecular flexibility index (Phi) is 17.0. The van der Waals surface area contributed by atoms with E-state index in [9.17, 15) is 38.7 Å². The highest BCUT2D eigenvalue weighted by molar-refractivity contribution is 5.97. The lowest BCUT2D eigenvalue weighted by atomic mass is 10.0. The molecule has 326 valence electrons. The molecule has 1 aromatic heterocycles. The number of carbonyl (C=O) groups excluding carboxylic acids is 6. The van der Waals surface area contributed by atoms with Gasteiger partial charge in [-0.2, -0.15) is 0 Å². The van der Waals surface area contributed by atoms with Gasteiger partial charge in [0.2, 0.25) is 23.6 Å². The van der Waals surface area contributed by atoms with Gasteiger partial charge < -0.3 is 57.2 Å². The maximum Gasteiger partial charge on any atom is 0.408 e. The van der Waals surface area contributed by atoms with E-state index in [2.05, 4.69) is 36.9 Å². The fourth-order valence-electron chi connectivity index (χ4n) is 6.27. The smallest absolute Gasteiger partial charge is 0.408 e. The molecule has 18 heteroatoms. The first-order chi connectivity index (χ1) is 29.0. The molecule has 0 aliphatic heterocycles. The van der Waals surface area contributed by atoms with E-state index in [4.69, 9.17) is 15.2 Å². The predicted octanol–water partition coefficient (Wildman–Crippen LogP) is 3.26. The van der Waals surface area contributed by atoms with Crippen LogP contribution in [0.3, 0.4) is 0 Å². The second-order valence-electron chi connectivity index (χ2n) is 15.2. The van der Waals surface area contributed by atoms with Crippen LogP contribution < -0.4 is 42.4 Å². The molecule has 10 N–H and O–H groups in total. The molecule has 0 saturated carbocycles. The minimum Gasteiger partial charge on any atom is -0.497 e. The van der Waals surface area contributed by atoms with Gasteiger partial charge in [-0.1, -0.05) is 54.6 Å². The van der Waals surface area contributed by atoms with Gasteiger partial charge in [-0.15, -0.1) is 0 Å². The van der Waals surface area contributed by atoms with E-state index in [-0.39, 0.29) is 32.2 Å². The highest BCUT2D eigenvalue weighted by Crippen LogP contribution is 2.20. The standard InChI is InChI=1S/C43H54N8O10/c1-43(2,3)61-42(59)51-34(22-27-25-46-31-18-9-8-17-30(27)31)39(56)48-32(19-10-11-20-45-41(58)47-28-15-12-16-29(23-28)60-4)38(55)50-35(24-36(52)53)40(57)49-33(37(44)54)21-26-13-6-5-7-14-26/h5-9,12-18,23,25,32-35,46H,10-11,19-22,24H2,1-4H3,(H2,44,54)(H,48,56)(H,49,57)(H,50,55)(H,51,59)(H,52,53)(H2,45,47,58)/t32-,33-,34-,35-/m0/s1. The zero-order chi connectivity index (χ0) is 44.5. The number of primary amides is 1. The molecule has 0 bridgehead atoms. The van der Waals surface area contributed by atoms with Crippen LogP contribution in [0.1, 0.15) is 57.6 Å². The maximum atomic E-state index is 14.1. The number of hydrogen-bond acceptors (Lipinski definition) is 9. The van der Waals surface area contributed by atoms with Gasteiger partial charge >= 0.3 is 18.1 Å². The molecule has 7 amide bonds. The average Bonchev–Trinajstić information content (AvgIpc) is 3.61. The summed E-state index contributed by atoms with van der Waals surface area (Å²) in [6, 6.07) is 16.8. The van der Waals surface area contributed by atoms with Crippen LogP contribution in [0.25, 0.3) is 10.9 Å². The van der Waals surface area contributed by atoms with Crippen molar-refractivity contribution in [3.05, 3.63) is 96.2 Å². The summed E-state index contributed by atoms with van der Waals surface area (Å²) in [7, 11) is 1.50. The number of para-hydroxylation sites is 1. The Balaban J connectivity index is 1.53. The Bertz CT molecular complexity index is 2150. The van der Waals surface area contributed by atoms with Crippen molar-refractivity contribution >= 4 is 58.3 Å². The first-order valence-corrected chi connectivity index (χ1v) is 19.7. The summed E-state index contributed by atoms with van der Waals surface area (Å²) in [5, 5.41) is 26.1. The van der Waals surface area contributed by atoms with E-state index in [1.165, 1.54) is 7.11 Å². The molecule has 0 radical (unpaired) electrons. The van der Waals surface area contributed by atoms with E-state index >= 15 is 0 Å². The lowest BCUT2D eigenvalue weighted by molar-refractivity contribution is -0.141. The highest BCUT2D eigenvalue weighted by Gasteiger charge is 2.33. The van der Waals surface area contributed by atoms with Gasteiger partial charge in [-0.05, 0) is 69.4 Å². The Morgan fingerprint density at radius 1 is 0.754 bits per heavy atom. The molecule has 4 rings (SSSR count). The quantitative estimate of drug-likeness (QED) is 0.0553. The van der Waals surface area contributed by atoms with E-state index in [0.717, 1.165) is 10.9 Å². The molecule has 0 aliphatic carbocycles. The number of aromatic amines is 1. The zero-order valence-electron chi connectivity index (χ0n) is 34.5. The number of nitrogens with one attached hydrogen (secondary N) is 7. The monoisotopic (exact) mass is 842 g/mol. The fraction of sp³-hybridized carbons (Fsp3) is 0.372. The van der Waals surface area contributed by atoms with Gasteiger partial charge in [-0.3, -0.25) is 24.0 Å². The number of carbonyl (C=O) groups is 7. The summed E-state index contributed by atoms with van der Waals surface area (Å²) >= 11 is 0. The van der Waals surface area contributed by atoms with Gasteiger partial charge in [0.15, 0.2) is 0 Å². The average molecular weight is 843 g/mol.